The number of hydrogen-bond acceptors (Lipinski definition) is 1. The van der Waals surface area contributed by atoms with Crippen LogP contribution in [-0.4, -0.2) is 0 Å². The molecular formula is C8H11N. The first-order chi connectivity index (χ1) is 4.22. The minimum absolute atomic E-state index is 0.611. The molecule has 0 spiro atoms. The van der Waals surface area contributed by atoms with Crippen molar-refractivity contribution < 1.29 is 0 Å². The van der Waals surface area contributed by atoms with E-state index in [0.29, 0.717) is 5.70 Å². The van der Waals surface area contributed by atoms with E-state index in [0.717, 1.165) is 5.57 Å². The molecule has 2 N–H and O–H groups in total. The highest BCUT2D eigenvalue weighted by Crippen LogP contribution is 1.99. The average Bonchev–Trinajstić information content (AvgIpc) is 1.87. The maximum Gasteiger partial charge on any atom is 0.0381 e. The third-order valence-electron chi connectivity index (χ3n) is 0.915. The first-order valence-corrected chi connectivity index (χ1v) is 2.62. The predicted octanol–water partition coefficient (Wildman–Crippen LogP) is 1.76. The topological polar surface area (TPSA) is 26.0 Å². The van der Waals surface area contributed by atoms with Gasteiger partial charge < -0.3 is 5.73 Å². The lowest BCUT2D eigenvalue weighted by atomic mass is 10.2. The molecule has 0 atom stereocenters. The number of nitrogens with two attached hydrogens (primary N) is 1. The Hall–Kier alpha value is -1.24. The molecule has 0 bridgehead atoms. The predicted molar refractivity (Wildman–Crippen MR) is 41.8 cm³/mol. The molecule has 0 unspecified atom stereocenters. The Morgan fingerprint density at radius 3 is 2.22 bits per heavy atom. The van der Waals surface area contributed by atoms with E-state index < -0.39 is 0 Å². The lowest BCUT2D eigenvalue weighted by molar-refractivity contribution is 1.37. The fourth-order valence-electron chi connectivity index (χ4n) is 0.352. The molecule has 0 aromatic heterocycles. The molecule has 9 heavy (non-hydrogen) atoms. The van der Waals surface area contributed by atoms with Crippen LogP contribution in [0.4, 0.5) is 0 Å². The van der Waals surface area contributed by atoms with Gasteiger partial charge in [0, 0.05) is 5.70 Å². The van der Waals surface area contributed by atoms with Crippen LogP contribution in [0.1, 0.15) is 0 Å². The summed E-state index contributed by atoms with van der Waals surface area (Å²) in [5.74, 6) is 0. The molecular weight excluding hydrogens is 110 g/mol. The molecule has 48 valence electrons. The van der Waals surface area contributed by atoms with Gasteiger partial charge in [0.1, 0.15) is 0 Å². The van der Waals surface area contributed by atoms with Gasteiger partial charge in [-0.2, -0.15) is 0 Å². The second-order valence-electron chi connectivity index (χ2n) is 1.59. The van der Waals surface area contributed by atoms with E-state index in [4.69, 9.17) is 5.73 Å². The fourth-order valence-corrected chi connectivity index (χ4v) is 0.352. The van der Waals surface area contributed by atoms with Crippen molar-refractivity contribution in [1.82, 2.24) is 0 Å². The Bertz CT molecular complexity index is 163. The summed E-state index contributed by atoms with van der Waals surface area (Å²) in [5.41, 5.74) is 6.80. The Kier molecular flexibility index (Phi) is 3.21. The van der Waals surface area contributed by atoms with Gasteiger partial charge in [0.25, 0.3) is 0 Å². The van der Waals surface area contributed by atoms with Gasteiger partial charge in [-0.15, -0.1) is 0 Å². The van der Waals surface area contributed by atoms with Gasteiger partial charge in [0.15, 0.2) is 0 Å². The Morgan fingerprint density at radius 2 is 1.89 bits per heavy atom. The van der Waals surface area contributed by atoms with Crippen molar-refractivity contribution in [3.63, 3.8) is 0 Å². The standard InChI is InChI=1S/C8H11N/c1-4-6-8(9)7(3)5-2/h4-6H,1-3,9H2/b8-6+. The molecule has 0 amide bonds. The normalized spacial score (nSPS) is 10.4. The van der Waals surface area contributed by atoms with E-state index in [1.54, 1.807) is 18.2 Å². The summed E-state index contributed by atoms with van der Waals surface area (Å²) < 4.78 is 0. The SMILES string of the molecule is C=C/C=C(/N)C(=C)C=C. The highest BCUT2D eigenvalue weighted by Gasteiger charge is 1.86. The monoisotopic (exact) mass is 121 g/mol. The van der Waals surface area contributed by atoms with E-state index in [2.05, 4.69) is 19.7 Å². The van der Waals surface area contributed by atoms with Crippen molar-refractivity contribution in [2.45, 2.75) is 0 Å². The van der Waals surface area contributed by atoms with Crippen molar-refractivity contribution >= 4 is 0 Å². The number of rotatable bonds is 3. The van der Waals surface area contributed by atoms with Crippen LogP contribution in [0.3, 0.4) is 0 Å². The Labute approximate surface area is 55.9 Å². The second-order valence-corrected chi connectivity index (χ2v) is 1.59. The summed E-state index contributed by atoms with van der Waals surface area (Å²) >= 11 is 0. The summed E-state index contributed by atoms with van der Waals surface area (Å²) in [6.45, 7) is 10.6. The quantitative estimate of drug-likeness (QED) is 0.566. The molecule has 0 rings (SSSR count). The van der Waals surface area contributed by atoms with Gasteiger partial charge >= 0.3 is 0 Å². The van der Waals surface area contributed by atoms with Crippen molar-refractivity contribution in [2.75, 3.05) is 0 Å². The van der Waals surface area contributed by atoms with Crippen LogP contribution in [-0.2, 0) is 0 Å². The first kappa shape index (κ1) is 7.76. The smallest absolute Gasteiger partial charge is 0.0381 e. The highest BCUT2D eigenvalue weighted by molar-refractivity contribution is 5.35. The van der Waals surface area contributed by atoms with Gasteiger partial charge in [-0.05, 0) is 11.6 Å². The molecule has 0 aliphatic rings. The Morgan fingerprint density at radius 1 is 1.33 bits per heavy atom. The van der Waals surface area contributed by atoms with Crippen molar-refractivity contribution in [3.05, 3.63) is 49.2 Å². The van der Waals surface area contributed by atoms with Crippen LogP contribution >= 0.6 is 0 Å². The van der Waals surface area contributed by atoms with Crippen LogP contribution in [0.5, 0.6) is 0 Å². The van der Waals surface area contributed by atoms with E-state index in [-0.39, 0.29) is 0 Å². The fraction of sp³-hybridized carbons (Fsp3) is 0. The van der Waals surface area contributed by atoms with E-state index >= 15 is 0 Å². The summed E-state index contributed by atoms with van der Waals surface area (Å²) in [5, 5.41) is 0. The van der Waals surface area contributed by atoms with Gasteiger partial charge in [-0.1, -0.05) is 31.9 Å². The van der Waals surface area contributed by atoms with Gasteiger partial charge in [-0.25, -0.2) is 0 Å². The maximum atomic E-state index is 5.46. The molecule has 0 radical (unpaired) electrons. The van der Waals surface area contributed by atoms with E-state index in [9.17, 15) is 0 Å². The molecule has 0 saturated heterocycles. The van der Waals surface area contributed by atoms with Crippen molar-refractivity contribution in [2.24, 2.45) is 5.73 Å². The maximum absolute atomic E-state index is 5.46. The number of allylic oxidation sites excluding steroid dienone is 3. The summed E-state index contributed by atoms with van der Waals surface area (Å²) in [6.07, 6.45) is 4.91. The molecule has 0 fully saturated rings. The van der Waals surface area contributed by atoms with E-state index in [1.165, 1.54) is 0 Å². The van der Waals surface area contributed by atoms with E-state index in [1.807, 2.05) is 0 Å². The number of hydrogen-bond donors (Lipinski definition) is 1. The lowest BCUT2D eigenvalue weighted by Crippen LogP contribution is -1.96. The molecule has 0 aromatic carbocycles. The highest BCUT2D eigenvalue weighted by atomic mass is 14.6. The summed E-state index contributed by atoms with van der Waals surface area (Å²) in [7, 11) is 0. The zero-order valence-corrected chi connectivity index (χ0v) is 5.43. The molecule has 0 saturated carbocycles. The van der Waals surface area contributed by atoms with Crippen LogP contribution in [0.15, 0.2) is 49.2 Å². The zero-order valence-electron chi connectivity index (χ0n) is 5.43. The van der Waals surface area contributed by atoms with Crippen LogP contribution < -0.4 is 5.73 Å². The largest absolute Gasteiger partial charge is 0.398 e. The zero-order chi connectivity index (χ0) is 7.28. The van der Waals surface area contributed by atoms with Crippen molar-refractivity contribution in [3.8, 4) is 0 Å². The molecule has 0 aliphatic heterocycles. The van der Waals surface area contributed by atoms with Crippen molar-refractivity contribution in [1.29, 1.82) is 0 Å². The third-order valence-corrected chi connectivity index (χ3v) is 0.915. The van der Waals surface area contributed by atoms with Gasteiger partial charge in [-0.3, -0.25) is 0 Å². The molecule has 0 heterocycles. The first-order valence-electron chi connectivity index (χ1n) is 2.62. The molecule has 0 aromatic rings. The van der Waals surface area contributed by atoms with Crippen LogP contribution in [0, 0.1) is 0 Å². The summed E-state index contributed by atoms with van der Waals surface area (Å²) in [4.78, 5) is 0. The molecule has 0 aliphatic carbocycles. The summed E-state index contributed by atoms with van der Waals surface area (Å²) in [6, 6.07) is 0. The van der Waals surface area contributed by atoms with Crippen LogP contribution in [0.2, 0.25) is 0 Å². The third kappa shape index (κ3) is 2.54. The minimum atomic E-state index is 0.611. The van der Waals surface area contributed by atoms with Gasteiger partial charge in [0.2, 0.25) is 0 Å². The van der Waals surface area contributed by atoms with Gasteiger partial charge in [0.05, 0.1) is 0 Å². The average molecular weight is 121 g/mol. The molecule has 1 heteroatoms. The Balaban J connectivity index is 4.18. The van der Waals surface area contributed by atoms with Crippen LogP contribution in [0.25, 0.3) is 0 Å². The second kappa shape index (κ2) is 3.72. The molecule has 1 nitrogen and oxygen atoms in total. The minimum Gasteiger partial charge on any atom is -0.398 e. The lowest BCUT2D eigenvalue weighted by Gasteiger charge is -1.95.